The van der Waals surface area contributed by atoms with Crippen molar-refractivity contribution in [3.05, 3.63) is 89.0 Å². The van der Waals surface area contributed by atoms with Crippen LogP contribution in [0.15, 0.2) is 66.7 Å². The second-order valence-electron chi connectivity index (χ2n) is 6.88. The minimum atomic E-state index is -0.248. The standard InChI is InChI=1S/C24H24N2O3/c1-16-8-6-10-22(18(16)3)29-15-23(27)25-19-11-13-20(14-12-19)26-24(28)21-9-5-4-7-17(21)2/h4-14H,15H2,1-3H3,(H,25,27)(H,26,28). The van der Waals surface area contributed by atoms with Gasteiger partial charge in [-0.15, -0.1) is 0 Å². The first-order valence-corrected chi connectivity index (χ1v) is 9.40. The molecule has 5 nitrogen and oxygen atoms in total. The summed E-state index contributed by atoms with van der Waals surface area (Å²) in [5.74, 6) is 0.291. The monoisotopic (exact) mass is 388 g/mol. The van der Waals surface area contributed by atoms with E-state index in [0.717, 1.165) is 16.7 Å². The Hall–Kier alpha value is -3.60. The molecule has 0 spiro atoms. The van der Waals surface area contributed by atoms with E-state index in [0.29, 0.717) is 22.7 Å². The molecular weight excluding hydrogens is 364 g/mol. The molecule has 0 saturated heterocycles. The van der Waals surface area contributed by atoms with Gasteiger partial charge in [-0.05, 0) is 73.9 Å². The summed E-state index contributed by atoms with van der Waals surface area (Å²) in [6, 6.07) is 20.1. The molecule has 0 aliphatic rings. The molecule has 3 rings (SSSR count). The molecule has 2 N–H and O–H groups in total. The van der Waals surface area contributed by atoms with E-state index in [-0.39, 0.29) is 18.4 Å². The molecule has 0 aromatic heterocycles. The van der Waals surface area contributed by atoms with E-state index in [1.807, 2.05) is 57.2 Å². The largest absolute Gasteiger partial charge is 0.483 e. The third-order valence-electron chi connectivity index (χ3n) is 4.73. The number of benzene rings is 3. The maximum atomic E-state index is 12.4. The molecule has 0 saturated carbocycles. The van der Waals surface area contributed by atoms with Crippen molar-refractivity contribution in [2.75, 3.05) is 17.2 Å². The SMILES string of the molecule is Cc1ccccc1C(=O)Nc1ccc(NC(=O)COc2cccc(C)c2C)cc1. The van der Waals surface area contributed by atoms with Gasteiger partial charge in [-0.2, -0.15) is 0 Å². The molecule has 5 heteroatoms. The molecular formula is C24H24N2O3. The zero-order valence-electron chi connectivity index (χ0n) is 16.8. The van der Waals surface area contributed by atoms with Gasteiger partial charge in [0.2, 0.25) is 0 Å². The number of nitrogens with one attached hydrogen (secondary N) is 2. The van der Waals surface area contributed by atoms with E-state index in [1.54, 1.807) is 30.3 Å². The molecule has 0 aliphatic carbocycles. The highest BCUT2D eigenvalue weighted by molar-refractivity contribution is 6.05. The highest BCUT2D eigenvalue weighted by atomic mass is 16.5. The Balaban J connectivity index is 1.55. The second kappa shape index (κ2) is 9.06. The summed E-state index contributed by atoms with van der Waals surface area (Å²) >= 11 is 0. The first-order valence-electron chi connectivity index (χ1n) is 9.40. The number of aryl methyl sites for hydroxylation is 2. The number of anilines is 2. The van der Waals surface area contributed by atoms with Crippen molar-refractivity contribution in [1.29, 1.82) is 0 Å². The Morgan fingerprint density at radius 2 is 1.38 bits per heavy atom. The van der Waals surface area contributed by atoms with Crippen molar-refractivity contribution in [3.63, 3.8) is 0 Å². The lowest BCUT2D eigenvalue weighted by Gasteiger charge is -2.11. The lowest BCUT2D eigenvalue weighted by molar-refractivity contribution is -0.118. The Labute approximate surface area is 170 Å². The van der Waals surface area contributed by atoms with Gasteiger partial charge < -0.3 is 15.4 Å². The predicted octanol–water partition coefficient (Wildman–Crippen LogP) is 4.88. The molecule has 0 bridgehead atoms. The highest BCUT2D eigenvalue weighted by Crippen LogP contribution is 2.21. The maximum Gasteiger partial charge on any atom is 0.262 e. The predicted molar refractivity (Wildman–Crippen MR) is 116 cm³/mol. The van der Waals surface area contributed by atoms with Crippen molar-refractivity contribution < 1.29 is 14.3 Å². The number of carbonyl (C=O) groups excluding carboxylic acids is 2. The van der Waals surface area contributed by atoms with Crippen LogP contribution < -0.4 is 15.4 Å². The summed E-state index contributed by atoms with van der Waals surface area (Å²) < 4.78 is 5.62. The van der Waals surface area contributed by atoms with E-state index in [4.69, 9.17) is 4.74 Å². The van der Waals surface area contributed by atoms with Crippen molar-refractivity contribution in [1.82, 2.24) is 0 Å². The lowest BCUT2D eigenvalue weighted by Crippen LogP contribution is -2.20. The summed E-state index contributed by atoms with van der Waals surface area (Å²) in [5.41, 5.74) is 4.97. The first kappa shape index (κ1) is 20.1. The quantitative estimate of drug-likeness (QED) is 0.632. The van der Waals surface area contributed by atoms with Gasteiger partial charge in [0.25, 0.3) is 11.8 Å². The minimum Gasteiger partial charge on any atom is -0.483 e. The van der Waals surface area contributed by atoms with Gasteiger partial charge in [-0.1, -0.05) is 30.3 Å². The Morgan fingerprint density at radius 3 is 2.07 bits per heavy atom. The van der Waals surface area contributed by atoms with Gasteiger partial charge in [-0.3, -0.25) is 9.59 Å². The molecule has 3 aromatic carbocycles. The molecule has 0 radical (unpaired) electrons. The van der Waals surface area contributed by atoms with Gasteiger partial charge >= 0.3 is 0 Å². The van der Waals surface area contributed by atoms with Gasteiger partial charge in [-0.25, -0.2) is 0 Å². The summed E-state index contributed by atoms with van der Waals surface area (Å²) in [5, 5.41) is 5.65. The number of hydrogen-bond acceptors (Lipinski definition) is 3. The van der Waals surface area contributed by atoms with E-state index < -0.39 is 0 Å². The van der Waals surface area contributed by atoms with Crippen LogP contribution in [0.1, 0.15) is 27.0 Å². The number of ether oxygens (including phenoxy) is 1. The van der Waals surface area contributed by atoms with Crippen LogP contribution in [0.4, 0.5) is 11.4 Å². The second-order valence-corrected chi connectivity index (χ2v) is 6.88. The maximum absolute atomic E-state index is 12.4. The Morgan fingerprint density at radius 1 is 0.759 bits per heavy atom. The van der Waals surface area contributed by atoms with Gasteiger partial charge in [0.1, 0.15) is 5.75 Å². The van der Waals surface area contributed by atoms with Crippen LogP contribution in [0.25, 0.3) is 0 Å². The number of amides is 2. The average molecular weight is 388 g/mol. The van der Waals surface area contributed by atoms with Gasteiger partial charge in [0, 0.05) is 16.9 Å². The van der Waals surface area contributed by atoms with Gasteiger partial charge in [0.05, 0.1) is 0 Å². The summed E-state index contributed by atoms with van der Waals surface area (Å²) in [7, 11) is 0. The van der Waals surface area contributed by atoms with Crippen LogP contribution in [0.5, 0.6) is 5.75 Å². The molecule has 2 amide bonds. The molecule has 148 valence electrons. The normalized spacial score (nSPS) is 10.3. The highest BCUT2D eigenvalue weighted by Gasteiger charge is 2.09. The molecule has 0 fully saturated rings. The summed E-state index contributed by atoms with van der Waals surface area (Å²) in [6.45, 7) is 5.79. The van der Waals surface area contributed by atoms with Crippen molar-refractivity contribution in [2.24, 2.45) is 0 Å². The van der Waals surface area contributed by atoms with Crippen molar-refractivity contribution in [2.45, 2.75) is 20.8 Å². The molecule has 0 unspecified atom stereocenters. The fraction of sp³-hybridized carbons (Fsp3) is 0.167. The van der Waals surface area contributed by atoms with Gasteiger partial charge in [0.15, 0.2) is 6.61 Å². The number of carbonyl (C=O) groups is 2. The topological polar surface area (TPSA) is 67.4 Å². The van der Waals surface area contributed by atoms with Crippen LogP contribution in [0.3, 0.4) is 0 Å². The fourth-order valence-corrected chi connectivity index (χ4v) is 2.88. The zero-order chi connectivity index (χ0) is 20.8. The lowest BCUT2D eigenvalue weighted by atomic mass is 10.1. The number of rotatable bonds is 6. The fourth-order valence-electron chi connectivity index (χ4n) is 2.88. The van der Waals surface area contributed by atoms with Crippen molar-refractivity contribution >= 4 is 23.2 Å². The van der Waals surface area contributed by atoms with E-state index >= 15 is 0 Å². The third kappa shape index (κ3) is 5.23. The first-order chi connectivity index (χ1) is 13.9. The smallest absolute Gasteiger partial charge is 0.262 e. The van der Waals surface area contributed by atoms with Crippen molar-refractivity contribution in [3.8, 4) is 5.75 Å². The minimum absolute atomic E-state index is 0.0733. The zero-order valence-corrected chi connectivity index (χ0v) is 16.8. The van der Waals surface area contributed by atoms with E-state index in [1.165, 1.54) is 0 Å². The summed E-state index contributed by atoms with van der Waals surface area (Å²) in [4.78, 5) is 24.5. The van der Waals surface area contributed by atoms with Crippen LogP contribution in [-0.4, -0.2) is 18.4 Å². The Kier molecular flexibility index (Phi) is 6.29. The van der Waals surface area contributed by atoms with Crippen LogP contribution in [0, 0.1) is 20.8 Å². The molecule has 0 heterocycles. The summed E-state index contributed by atoms with van der Waals surface area (Å²) in [6.07, 6.45) is 0. The average Bonchev–Trinajstić information content (AvgIpc) is 2.71. The van der Waals surface area contributed by atoms with Crippen LogP contribution >= 0.6 is 0 Å². The third-order valence-corrected chi connectivity index (χ3v) is 4.73. The molecule has 0 aliphatic heterocycles. The van der Waals surface area contributed by atoms with E-state index in [9.17, 15) is 9.59 Å². The Bertz CT molecular complexity index is 1030. The molecule has 0 atom stereocenters. The number of hydrogen-bond donors (Lipinski definition) is 2. The van der Waals surface area contributed by atoms with Crippen LogP contribution in [-0.2, 0) is 4.79 Å². The van der Waals surface area contributed by atoms with E-state index in [2.05, 4.69) is 10.6 Å². The molecule has 3 aromatic rings. The molecule has 29 heavy (non-hydrogen) atoms. The van der Waals surface area contributed by atoms with Crippen LogP contribution in [0.2, 0.25) is 0 Å².